The van der Waals surface area contributed by atoms with Crippen LogP contribution < -0.4 is 0 Å². The topological polar surface area (TPSA) is 57.6 Å². The SMILES string of the molecule is CC(C)=C1[C@H]2CC[C@H]1[C@H](C(=O)N1CCCC[C@H]1C)[C@H]2C(=O)O. The minimum atomic E-state index is -0.783. The number of piperidine rings is 1. The van der Waals surface area contributed by atoms with Crippen molar-refractivity contribution in [1.82, 2.24) is 4.90 Å². The number of nitrogens with zero attached hydrogens (tertiary/aromatic N) is 1. The molecule has 3 aliphatic rings. The quantitative estimate of drug-likeness (QED) is 0.798. The number of rotatable bonds is 2. The van der Waals surface area contributed by atoms with Crippen LogP contribution >= 0.6 is 0 Å². The van der Waals surface area contributed by atoms with E-state index in [0.29, 0.717) is 0 Å². The molecule has 0 aromatic rings. The van der Waals surface area contributed by atoms with Crippen molar-refractivity contribution < 1.29 is 14.7 Å². The Kier molecular flexibility index (Phi) is 4.04. The molecule has 4 heteroatoms. The molecule has 2 aliphatic carbocycles. The summed E-state index contributed by atoms with van der Waals surface area (Å²) in [5, 5.41) is 9.73. The first-order valence-corrected chi connectivity index (χ1v) is 8.64. The summed E-state index contributed by atoms with van der Waals surface area (Å²) in [7, 11) is 0. The van der Waals surface area contributed by atoms with Crippen LogP contribution in [0.2, 0.25) is 0 Å². The second-order valence-corrected chi connectivity index (χ2v) is 7.51. The van der Waals surface area contributed by atoms with Crippen LogP contribution in [0.5, 0.6) is 0 Å². The highest BCUT2D eigenvalue weighted by molar-refractivity contribution is 5.88. The lowest BCUT2D eigenvalue weighted by molar-refractivity contribution is -0.154. The molecule has 1 aliphatic heterocycles. The molecule has 1 saturated heterocycles. The van der Waals surface area contributed by atoms with E-state index in [1.54, 1.807) is 0 Å². The van der Waals surface area contributed by atoms with Gasteiger partial charge in [-0.2, -0.15) is 0 Å². The van der Waals surface area contributed by atoms with Crippen molar-refractivity contribution in [2.24, 2.45) is 23.7 Å². The molecular weight excluding hydrogens is 278 g/mol. The van der Waals surface area contributed by atoms with E-state index in [9.17, 15) is 14.7 Å². The van der Waals surface area contributed by atoms with Crippen molar-refractivity contribution in [2.45, 2.75) is 58.9 Å². The Balaban J connectivity index is 1.93. The molecule has 4 nitrogen and oxygen atoms in total. The van der Waals surface area contributed by atoms with Gasteiger partial charge in [-0.3, -0.25) is 9.59 Å². The number of allylic oxidation sites excluding steroid dienone is 2. The van der Waals surface area contributed by atoms with E-state index in [-0.39, 0.29) is 29.7 Å². The average molecular weight is 305 g/mol. The standard InChI is InChI=1S/C18H27NO3/c1-10(2)14-12-7-8-13(14)16(18(21)22)15(12)17(20)19-9-5-4-6-11(19)3/h11-13,15-16H,4-9H2,1-3H3,(H,21,22)/t11-,12-,13-,15+,16+/m1/s1. The highest BCUT2D eigenvalue weighted by Crippen LogP contribution is 2.57. The monoisotopic (exact) mass is 305 g/mol. The van der Waals surface area contributed by atoms with Crippen LogP contribution in [0.4, 0.5) is 0 Å². The molecule has 0 aromatic carbocycles. The first kappa shape index (κ1) is 15.6. The summed E-state index contributed by atoms with van der Waals surface area (Å²) in [6.07, 6.45) is 5.17. The Morgan fingerprint density at radius 2 is 1.68 bits per heavy atom. The molecule has 1 heterocycles. The molecule has 0 aromatic heterocycles. The minimum Gasteiger partial charge on any atom is -0.481 e. The Hall–Kier alpha value is -1.32. The predicted octanol–water partition coefficient (Wildman–Crippen LogP) is 3.08. The zero-order valence-corrected chi connectivity index (χ0v) is 13.8. The van der Waals surface area contributed by atoms with Crippen LogP contribution in [0.25, 0.3) is 0 Å². The smallest absolute Gasteiger partial charge is 0.307 e. The van der Waals surface area contributed by atoms with Gasteiger partial charge in [-0.1, -0.05) is 11.1 Å². The molecule has 122 valence electrons. The first-order chi connectivity index (χ1) is 10.4. The van der Waals surface area contributed by atoms with E-state index in [1.165, 1.54) is 17.6 Å². The molecule has 0 radical (unpaired) electrons. The Morgan fingerprint density at radius 1 is 1.05 bits per heavy atom. The van der Waals surface area contributed by atoms with Gasteiger partial charge in [0.2, 0.25) is 5.91 Å². The number of amides is 1. The fraction of sp³-hybridized carbons (Fsp3) is 0.778. The van der Waals surface area contributed by atoms with Gasteiger partial charge in [-0.05, 0) is 64.7 Å². The van der Waals surface area contributed by atoms with Crippen molar-refractivity contribution >= 4 is 11.9 Å². The molecular formula is C18H27NO3. The zero-order chi connectivity index (χ0) is 16.0. The molecule has 1 N–H and O–H groups in total. The lowest BCUT2D eigenvalue weighted by Crippen LogP contribution is -2.49. The highest BCUT2D eigenvalue weighted by Gasteiger charge is 2.58. The molecule has 0 unspecified atom stereocenters. The number of hydrogen-bond donors (Lipinski definition) is 1. The molecule has 1 amide bonds. The average Bonchev–Trinajstić information content (AvgIpc) is 3.02. The normalized spacial score (nSPS) is 37.5. The zero-order valence-electron chi connectivity index (χ0n) is 13.8. The van der Waals surface area contributed by atoms with Gasteiger partial charge in [0.05, 0.1) is 11.8 Å². The van der Waals surface area contributed by atoms with Gasteiger partial charge in [0, 0.05) is 12.6 Å². The summed E-state index contributed by atoms with van der Waals surface area (Å²) in [5.74, 6) is -1.27. The summed E-state index contributed by atoms with van der Waals surface area (Å²) in [6.45, 7) is 7.03. The van der Waals surface area contributed by atoms with Gasteiger partial charge >= 0.3 is 5.97 Å². The molecule has 5 atom stereocenters. The summed E-state index contributed by atoms with van der Waals surface area (Å²) in [6, 6.07) is 0.255. The number of hydrogen-bond acceptors (Lipinski definition) is 2. The van der Waals surface area contributed by atoms with Crippen LogP contribution in [-0.4, -0.2) is 34.5 Å². The van der Waals surface area contributed by atoms with Crippen molar-refractivity contribution in [3.05, 3.63) is 11.1 Å². The van der Waals surface area contributed by atoms with E-state index < -0.39 is 11.9 Å². The van der Waals surface area contributed by atoms with Gasteiger partial charge in [-0.15, -0.1) is 0 Å². The van der Waals surface area contributed by atoms with E-state index in [4.69, 9.17) is 0 Å². The number of carbonyl (C=O) groups excluding carboxylic acids is 1. The van der Waals surface area contributed by atoms with Crippen molar-refractivity contribution in [3.63, 3.8) is 0 Å². The van der Waals surface area contributed by atoms with Gasteiger partial charge in [0.15, 0.2) is 0 Å². The molecule has 0 spiro atoms. The number of aliphatic carboxylic acids is 1. The maximum absolute atomic E-state index is 13.1. The Morgan fingerprint density at radius 3 is 2.23 bits per heavy atom. The Labute approximate surface area is 132 Å². The molecule has 2 saturated carbocycles. The van der Waals surface area contributed by atoms with Gasteiger partial charge in [-0.25, -0.2) is 0 Å². The van der Waals surface area contributed by atoms with E-state index in [0.717, 1.165) is 32.2 Å². The minimum absolute atomic E-state index is 0.0848. The predicted molar refractivity (Wildman–Crippen MR) is 84.2 cm³/mol. The molecule has 3 rings (SSSR count). The summed E-state index contributed by atoms with van der Waals surface area (Å²) in [4.78, 5) is 26.9. The van der Waals surface area contributed by atoms with Crippen molar-refractivity contribution in [3.8, 4) is 0 Å². The maximum Gasteiger partial charge on any atom is 0.307 e. The second kappa shape index (κ2) is 5.71. The van der Waals surface area contributed by atoms with Crippen LogP contribution in [-0.2, 0) is 9.59 Å². The maximum atomic E-state index is 13.1. The van der Waals surface area contributed by atoms with Crippen LogP contribution in [0.15, 0.2) is 11.1 Å². The van der Waals surface area contributed by atoms with E-state index in [2.05, 4.69) is 20.8 Å². The fourth-order valence-electron chi connectivity index (χ4n) is 5.20. The van der Waals surface area contributed by atoms with E-state index >= 15 is 0 Å². The van der Waals surface area contributed by atoms with Crippen molar-refractivity contribution in [2.75, 3.05) is 6.54 Å². The first-order valence-electron chi connectivity index (χ1n) is 8.64. The molecule has 2 bridgehead atoms. The number of fused-ring (bicyclic) bond motifs is 2. The van der Waals surface area contributed by atoms with Gasteiger partial charge in [0.1, 0.15) is 0 Å². The molecule has 3 fully saturated rings. The fourth-order valence-corrected chi connectivity index (χ4v) is 5.20. The highest BCUT2D eigenvalue weighted by atomic mass is 16.4. The van der Waals surface area contributed by atoms with Crippen LogP contribution in [0.1, 0.15) is 52.9 Å². The lowest BCUT2D eigenvalue weighted by Gasteiger charge is -2.38. The summed E-state index contributed by atoms with van der Waals surface area (Å²) in [5.41, 5.74) is 2.50. The number of carboxylic acids is 1. The van der Waals surface area contributed by atoms with E-state index in [1.807, 2.05) is 4.90 Å². The Bertz CT molecular complexity index is 520. The van der Waals surface area contributed by atoms with Crippen molar-refractivity contribution in [1.29, 1.82) is 0 Å². The third-order valence-electron chi connectivity index (χ3n) is 6.08. The molecule has 22 heavy (non-hydrogen) atoms. The number of carboxylic acid groups (broad SMARTS) is 1. The number of carbonyl (C=O) groups is 2. The van der Waals surface area contributed by atoms with Gasteiger partial charge < -0.3 is 10.0 Å². The summed E-state index contributed by atoms with van der Waals surface area (Å²) < 4.78 is 0. The largest absolute Gasteiger partial charge is 0.481 e. The summed E-state index contributed by atoms with van der Waals surface area (Å²) >= 11 is 0. The third kappa shape index (κ3) is 2.27. The van der Waals surface area contributed by atoms with Crippen LogP contribution in [0.3, 0.4) is 0 Å². The lowest BCUT2D eigenvalue weighted by atomic mass is 9.78. The van der Waals surface area contributed by atoms with Crippen LogP contribution in [0, 0.1) is 23.7 Å². The van der Waals surface area contributed by atoms with Gasteiger partial charge in [0.25, 0.3) is 0 Å². The number of likely N-dealkylation sites (tertiary alicyclic amines) is 1. The second-order valence-electron chi connectivity index (χ2n) is 7.51. The third-order valence-corrected chi connectivity index (χ3v) is 6.08.